The molecule has 4 nitrogen and oxygen atoms in total. The molecule has 1 aromatic heterocycles. The smallest absolute Gasteiger partial charge is 0.329 e. The van der Waals surface area contributed by atoms with Crippen LogP contribution in [0.5, 0.6) is 0 Å². The van der Waals surface area contributed by atoms with Gasteiger partial charge in [-0.05, 0) is 35.8 Å². The predicted octanol–water partition coefficient (Wildman–Crippen LogP) is 1.76. The lowest BCUT2D eigenvalue weighted by atomic mass is 9.92. The minimum Gasteiger partial charge on any atom is -0.480 e. The summed E-state index contributed by atoms with van der Waals surface area (Å²) >= 11 is 3.24. The second-order valence-electron chi connectivity index (χ2n) is 4.30. The minimum atomic E-state index is -1.06. The Morgan fingerprint density at radius 3 is 2.67 bits per heavy atom. The van der Waals surface area contributed by atoms with Gasteiger partial charge in [-0.2, -0.15) is 11.8 Å². The number of amides is 1. The molecule has 1 aliphatic rings. The molecular formula is C12H15NO3S2. The van der Waals surface area contributed by atoms with Crippen LogP contribution in [0, 0.1) is 0 Å². The first-order chi connectivity index (χ1) is 8.62. The van der Waals surface area contributed by atoms with Crippen molar-refractivity contribution in [2.75, 3.05) is 11.5 Å². The van der Waals surface area contributed by atoms with Crippen LogP contribution in [-0.2, 0) is 16.0 Å². The van der Waals surface area contributed by atoms with Gasteiger partial charge < -0.3 is 10.4 Å². The molecule has 0 aliphatic carbocycles. The molecule has 1 saturated heterocycles. The average molecular weight is 285 g/mol. The summed E-state index contributed by atoms with van der Waals surface area (Å²) in [6.07, 6.45) is 1.27. The van der Waals surface area contributed by atoms with Crippen molar-refractivity contribution in [1.82, 2.24) is 5.32 Å². The largest absolute Gasteiger partial charge is 0.480 e. The molecule has 0 radical (unpaired) electrons. The van der Waals surface area contributed by atoms with Gasteiger partial charge in [-0.3, -0.25) is 4.79 Å². The Morgan fingerprint density at radius 1 is 1.39 bits per heavy atom. The first-order valence-corrected chi connectivity index (χ1v) is 7.80. The van der Waals surface area contributed by atoms with Gasteiger partial charge in [0.15, 0.2) is 0 Å². The molecule has 0 aromatic carbocycles. The monoisotopic (exact) mass is 285 g/mol. The number of aliphatic carboxylic acids is 1. The highest BCUT2D eigenvalue weighted by molar-refractivity contribution is 7.99. The molecule has 2 N–H and O–H groups in total. The van der Waals surface area contributed by atoms with Crippen molar-refractivity contribution in [2.24, 2.45) is 0 Å². The number of carboxylic acid groups (broad SMARTS) is 1. The van der Waals surface area contributed by atoms with Gasteiger partial charge in [0.05, 0.1) is 6.42 Å². The van der Waals surface area contributed by atoms with Crippen molar-refractivity contribution >= 4 is 35.0 Å². The van der Waals surface area contributed by atoms with Gasteiger partial charge in [0.1, 0.15) is 5.54 Å². The highest BCUT2D eigenvalue weighted by Crippen LogP contribution is 2.27. The second kappa shape index (κ2) is 5.75. The van der Waals surface area contributed by atoms with Gasteiger partial charge in [0.25, 0.3) is 0 Å². The molecule has 1 aromatic rings. The van der Waals surface area contributed by atoms with Crippen LogP contribution >= 0.6 is 23.1 Å². The van der Waals surface area contributed by atoms with E-state index in [-0.39, 0.29) is 12.3 Å². The number of nitrogens with one attached hydrogen (secondary N) is 1. The van der Waals surface area contributed by atoms with Crippen molar-refractivity contribution in [3.8, 4) is 0 Å². The van der Waals surface area contributed by atoms with Gasteiger partial charge in [-0.15, -0.1) is 11.3 Å². The molecule has 0 atom stereocenters. The van der Waals surface area contributed by atoms with E-state index in [1.165, 1.54) is 11.3 Å². The molecular weight excluding hydrogens is 270 g/mol. The maximum absolute atomic E-state index is 11.9. The van der Waals surface area contributed by atoms with Gasteiger partial charge in [-0.25, -0.2) is 4.79 Å². The van der Waals surface area contributed by atoms with E-state index >= 15 is 0 Å². The third kappa shape index (κ3) is 3.05. The molecule has 0 saturated carbocycles. The molecule has 2 rings (SSSR count). The SMILES string of the molecule is O=C(Cc1cccs1)NC1(C(=O)O)CCSCC1. The highest BCUT2D eigenvalue weighted by atomic mass is 32.2. The Balaban J connectivity index is 2.00. The maximum atomic E-state index is 11.9. The Kier molecular flexibility index (Phi) is 4.29. The zero-order valence-corrected chi connectivity index (χ0v) is 11.5. The van der Waals surface area contributed by atoms with Crippen LogP contribution in [0.15, 0.2) is 17.5 Å². The quantitative estimate of drug-likeness (QED) is 0.884. The molecule has 18 heavy (non-hydrogen) atoms. The van der Waals surface area contributed by atoms with Gasteiger partial charge in [0, 0.05) is 4.88 Å². The van der Waals surface area contributed by atoms with Gasteiger partial charge in [-0.1, -0.05) is 6.07 Å². The third-order valence-electron chi connectivity index (χ3n) is 3.05. The van der Waals surface area contributed by atoms with Crippen LogP contribution in [0.1, 0.15) is 17.7 Å². The average Bonchev–Trinajstić information content (AvgIpc) is 2.82. The Morgan fingerprint density at radius 2 is 2.11 bits per heavy atom. The number of carboxylic acids is 1. The lowest BCUT2D eigenvalue weighted by molar-refractivity contribution is -0.148. The molecule has 0 spiro atoms. The fraction of sp³-hybridized carbons (Fsp3) is 0.500. The first kappa shape index (κ1) is 13.4. The van der Waals surface area contributed by atoms with Crippen molar-refractivity contribution in [3.05, 3.63) is 22.4 Å². The van der Waals surface area contributed by atoms with E-state index in [0.717, 1.165) is 16.4 Å². The predicted molar refractivity (Wildman–Crippen MR) is 73.1 cm³/mol. The van der Waals surface area contributed by atoms with Crippen molar-refractivity contribution in [2.45, 2.75) is 24.8 Å². The topological polar surface area (TPSA) is 66.4 Å². The van der Waals surface area contributed by atoms with E-state index in [1.807, 2.05) is 17.5 Å². The highest BCUT2D eigenvalue weighted by Gasteiger charge is 2.41. The van der Waals surface area contributed by atoms with Gasteiger partial charge in [0.2, 0.25) is 5.91 Å². The molecule has 1 aliphatic heterocycles. The number of hydrogen-bond donors (Lipinski definition) is 2. The van der Waals surface area contributed by atoms with Crippen LogP contribution in [0.4, 0.5) is 0 Å². The number of rotatable bonds is 4. The fourth-order valence-corrected chi connectivity index (χ4v) is 3.89. The molecule has 1 amide bonds. The van der Waals surface area contributed by atoms with E-state index in [0.29, 0.717) is 12.8 Å². The Bertz CT molecular complexity index is 425. The zero-order valence-electron chi connectivity index (χ0n) is 9.85. The van der Waals surface area contributed by atoms with E-state index in [9.17, 15) is 14.7 Å². The van der Waals surface area contributed by atoms with E-state index in [1.54, 1.807) is 11.8 Å². The molecule has 6 heteroatoms. The maximum Gasteiger partial charge on any atom is 0.329 e. The number of carbonyl (C=O) groups excluding carboxylic acids is 1. The minimum absolute atomic E-state index is 0.202. The lowest BCUT2D eigenvalue weighted by Crippen LogP contribution is -2.56. The third-order valence-corrected chi connectivity index (χ3v) is 4.91. The normalized spacial score (nSPS) is 18.2. The zero-order chi connectivity index (χ0) is 13.0. The molecule has 98 valence electrons. The molecule has 1 fully saturated rings. The number of hydrogen-bond acceptors (Lipinski definition) is 4. The summed E-state index contributed by atoms with van der Waals surface area (Å²) in [7, 11) is 0. The summed E-state index contributed by atoms with van der Waals surface area (Å²) in [4.78, 5) is 24.3. The van der Waals surface area contributed by atoms with Crippen LogP contribution < -0.4 is 5.32 Å². The fourth-order valence-electron chi connectivity index (χ4n) is 1.99. The number of thioether (sulfide) groups is 1. The van der Waals surface area contributed by atoms with E-state index < -0.39 is 11.5 Å². The summed E-state index contributed by atoms with van der Waals surface area (Å²) in [5, 5.41) is 14.0. The van der Waals surface area contributed by atoms with Crippen LogP contribution in [0.2, 0.25) is 0 Å². The Hall–Kier alpha value is -1.01. The summed E-state index contributed by atoms with van der Waals surface area (Å²) in [5.74, 6) is 0.450. The first-order valence-electron chi connectivity index (χ1n) is 5.77. The Labute approximate surface area is 114 Å². The second-order valence-corrected chi connectivity index (χ2v) is 6.56. The lowest BCUT2D eigenvalue weighted by Gasteiger charge is -2.33. The van der Waals surface area contributed by atoms with Crippen LogP contribution in [0.3, 0.4) is 0 Å². The molecule has 0 unspecified atom stereocenters. The van der Waals surface area contributed by atoms with E-state index in [4.69, 9.17) is 0 Å². The summed E-state index contributed by atoms with van der Waals surface area (Å²) in [6, 6.07) is 3.77. The van der Waals surface area contributed by atoms with Crippen molar-refractivity contribution in [1.29, 1.82) is 0 Å². The molecule has 2 heterocycles. The summed E-state index contributed by atoms with van der Waals surface area (Å²) in [6.45, 7) is 0. The summed E-state index contributed by atoms with van der Waals surface area (Å²) in [5.41, 5.74) is -1.06. The summed E-state index contributed by atoms with van der Waals surface area (Å²) < 4.78 is 0. The number of carbonyl (C=O) groups is 2. The van der Waals surface area contributed by atoms with Crippen molar-refractivity contribution in [3.63, 3.8) is 0 Å². The van der Waals surface area contributed by atoms with Gasteiger partial charge >= 0.3 is 5.97 Å². The van der Waals surface area contributed by atoms with Crippen LogP contribution in [0.25, 0.3) is 0 Å². The van der Waals surface area contributed by atoms with Crippen molar-refractivity contribution < 1.29 is 14.7 Å². The molecule has 0 bridgehead atoms. The standard InChI is InChI=1S/C12H15NO3S2/c14-10(8-9-2-1-5-18-9)13-12(11(15)16)3-6-17-7-4-12/h1-2,5H,3-4,6-8H2,(H,13,14)(H,15,16). The number of thiophene rings is 1. The van der Waals surface area contributed by atoms with Crippen LogP contribution in [-0.4, -0.2) is 34.0 Å². The van der Waals surface area contributed by atoms with E-state index in [2.05, 4.69) is 5.32 Å².